The largest absolute Gasteiger partial charge is 0.381 e. The molecule has 0 saturated carbocycles. The minimum atomic E-state index is -0.584. The summed E-state index contributed by atoms with van der Waals surface area (Å²) in [6.07, 6.45) is 2.55. The molecule has 1 aromatic heterocycles. The van der Waals surface area contributed by atoms with Crippen molar-refractivity contribution >= 4 is 11.6 Å². The lowest BCUT2D eigenvalue weighted by Gasteiger charge is -2.06. The molecule has 1 heterocycles. The third-order valence-corrected chi connectivity index (χ3v) is 2.83. The van der Waals surface area contributed by atoms with Crippen molar-refractivity contribution in [1.29, 1.82) is 0 Å². The SMILES string of the molecule is Cc1ccc(C)c(C(=O)Cn2cnc([N+](=O)[O-])c2)c1. The topological polar surface area (TPSA) is 78.0 Å². The molecule has 0 amide bonds. The summed E-state index contributed by atoms with van der Waals surface area (Å²) in [6, 6.07) is 5.65. The second kappa shape index (κ2) is 5.01. The molecule has 0 radical (unpaired) electrons. The number of hydrogen-bond donors (Lipinski definition) is 0. The number of hydrogen-bond acceptors (Lipinski definition) is 4. The average molecular weight is 259 g/mol. The summed E-state index contributed by atoms with van der Waals surface area (Å²) in [7, 11) is 0. The molecule has 0 saturated heterocycles. The van der Waals surface area contributed by atoms with Crippen molar-refractivity contribution in [2.24, 2.45) is 0 Å². The second-order valence-electron chi connectivity index (χ2n) is 4.40. The van der Waals surface area contributed by atoms with Crippen LogP contribution in [0.2, 0.25) is 0 Å². The highest BCUT2D eigenvalue weighted by molar-refractivity contribution is 5.97. The Morgan fingerprint density at radius 1 is 1.42 bits per heavy atom. The minimum Gasteiger partial charge on any atom is -0.358 e. The van der Waals surface area contributed by atoms with Gasteiger partial charge in [0.05, 0.1) is 6.54 Å². The summed E-state index contributed by atoms with van der Waals surface area (Å²) >= 11 is 0. The van der Waals surface area contributed by atoms with Crippen LogP contribution >= 0.6 is 0 Å². The highest BCUT2D eigenvalue weighted by atomic mass is 16.6. The molecule has 0 atom stereocenters. The standard InChI is InChI=1S/C13H13N3O3/c1-9-3-4-10(2)11(5-9)12(17)6-15-7-13(14-8-15)16(18)19/h3-5,7-8H,6H2,1-2H3. The van der Waals surface area contributed by atoms with Crippen molar-refractivity contribution in [3.8, 4) is 0 Å². The first-order valence-electron chi connectivity index (χ1n) is 5.74. The number of ketones is 1. The maximum absolute atomic E-state index is 12.1. The van der Waals surface area contributed by atoms with Crippen LogP contribution in [0.25, 0.3) is 0 Å². The zero-order valence-corrected chi connectivity index (χ0v) is 10.7. The number of rotatable bonds is 4. The fourth-order valence-corrected chi connectivity index (χ4v) is 1.82. The van der Waals surface area contributed by atoms with Crippen molar-refractivity contribution in [2.75, 3.05) is 0 Å². The van der Waals surface area contributed by atoms with Gasteiger partial charge in [-0.25, -0.2) is 0 Å². The molecule has 1 aromatic carbocycles. The Bertz CT molecular complexity index is 646. The lowest BCUT2D eigenvalue weighted by molar-refractivity contribution is -0.389. The van der Waals surface area contributed by atoms with E-state index in [1.165, 1.54) is 17.1 Å². The van der Waals surface area contributed by atoms with Gasteiger partial charge < -0.3 is 14.7 Å². The van der Waals surface area contributed by atoms with E-state index in [1.54, 1.807) is 0 Å². The molecule has 2 aromatic rings. The zero-order chi connectivity index (χ0) is 14.0. The van der Waals surface area contributed by atoms with Crippen molar-refractivity contribution < 1.29 is 9.72 Å². The summed E-state index contributed by atoms with van der Waals surface area (Å²) in [6.45, 7) is 3.83. The Hall–Kier alpha value is -2.50. The van der Waals surface area contributed by atoms with Crippen LogP contribution < -0.4 is 0 Å². The van der Waals surface area contributed by atoms with Crippen LogP contribution in [0, 0.1) is 24.0 Å². The zero-order valence-electron chi connectivity index (χ0n) is 10.7. The Morgan fingerprint density at radius 2 is 2.16 bits per heavy atom. The number of carbonyl (C=O) groups is 1. The van der Waals surface area contributed by atoms with E-state index < -0.39 is 4.92 Å². The van der Waals surface area contributed by atoms with Crippen molar-refractivity contribution in [2.45, 2.75) is 20.4 Å². The van der Waals surface area contributed by atoms with Gasteiger partial charge in [-0.1, -0.05) is 17.7 Å². The van der Waals surface area contributed by atoms with Gasteiger partial charge in [-0.2, -0.15) is 0 Å². The predicted octanol–water partition coefficient (Wildman–Crippen LogP) is 2.29. The van der Waals surface area contributed by atoms with Crippen LogP contribution in [-0.2, 0) is 6.54 Å². The van der Waals surface area contributed by atoms with Crippen LogP contribution in [0.4, 0.5) is 5.82 Å². The molecule has 6 nitrogen and oxygen atoms in total. The third kappa shape index (κ3) is 2.85. The lowest BCUT2D eigenvalue weighted by atomic mass is 10.0. The van der Waals surface area contributed by atoms with Crippen LogP contribution in [0.15, 0.2) is 30.7 Å². The van der Waals surface area contributed by atoms with Crippen LogP contribution in [-0.4, -0.2) is 20.3 Å². The number of aromatic nitrogens is 2. The van der Waals surface area contributed by atoms with Gasteiger partial charge in [-0.15, -0.1) is 0 Å². The van der Waals surface area contributed by atoms with E-state index in [0.717, 1.165) is 11.1 Å². The molecule has 0 aliphatic rings. The molecule has 98 valence electrons. The van der Waals surface area contributed by atoms with Gasteiger partial charge in [0.2, 0.25) is 6.33 Å². The number of imidazole rings is 1. The lowest BCUT2D eigenvalue weighted by Crippen LogP contribution is -2.10. The summed E-state index contributed by atoms with van der Waals surface area (Å²) in [5, 5.41) is 10.5. The number of carbonyl (C=O) groups excluding carboxylic acids is 1. The highest BCUT2D eigenvalue weighted by Crippen LogP contribution is 2.13. The van der Waals surface area contributed by atoms with Gasteiger partial charge in [0, 0.05) is 5.56 Å². The van der Waals surface area contributed by atoms with E-state index >= 15 is 0 Å². The van der Waals surface area contributed by atoms with E-state index in [1.807, 2.05) is 32.0 Å². The van der Waals surface area contributed by atoms with Gasteiger partial charge in [-0.05, 0) is 35.4 Å². The molecule has 6 heteroatoms. The van der Waals surface area contributed by atoms with E-state index in [9.17, 15) is 14.9 Å². The van der Waals surface area contributed by atoms with E-state index in [2.05, 4.69) is 4.98 Å². The molecule has 0 spiro atoms. The first-order valence-corrected chi connectivity index (χ1v) is 5.74. The summed E-state index contributed by atoms with van der Waals surface area (Å²) in [5.74, 6) is -0.345. The molecule has 0 fully saturated rings. The van der Waals surface area contributed by atoms with E-state index in [0.29, 0.717) is 5.56 Å². The summed E-state index contributed by atoms with van der Waals surface area (Å²) in [5.41, 5.74) is 2.53. The Morgan fingerprint density at radius 3 is 2.79 bits per heavy atom. The van der Waals surface area contributed by atoms with Crippen molar-refractivity contribution in [3.63, 3.8) is 0 Å². The number of nitrogens with zero attached hydrogens (tertiary/aromatic N) is 3. The van der Waals surface area contributed by atoms with Gasteiger partial charge >= 0.3 is 5.82 Å². The number of benzene rings is 1. The molecule has 0 N–H and O–H groups in total. The van der Waals surface area contributed by atoms with E-state index in [-0.39, 0.29) is 18.1 Å². The van der Waals surface area contributed by atoms with Crippen molar-refractivity contribution in [1.82, 2.24) is 9.55 Å². The van der Waals surface area contributed by atoms with Crippen LogP contribution in [0.1, 0.15) is 21.5 Å². The Kier molecular flexibility index (Phi) is 3.41. The summed E-state index contributed by atoms with van der Waals surface area (Å²) in [4.78, 5) is 25.7. The second-order valence-corrected chi connectivity index (χ2v) is 4.40. The molecular weight excluding hydrogens is 246 g/mol. The monoisotopic (exact) mass is 259 g/mol. The molecule has 0 aliphatic heterocycles. The Labute approximate surface area is 109 Å². The van der Waals surface area contributed by atoms with Crippen LogP contribution in [0.5, 0.6) is 0 Å². The third-order valence-electron chi connectivity index (χ3n) is 2.83. The van der Waals surface area contributed by atoms with Gasteiger partial charge in [0.15, 0.2) is 5.78 Å². The van der Waals surface area contributed by atoms with Gasteiger partial charge in [0.1, 0.15) is 6.20 Å². The van der Waals surface area contributed by atoms with Crippen LogP contribution in [0.3, 0.4) is 0 Å². The number of nitro groups is 1. The number of aryl methyl sites for hydroxylation is 2. The van der Waals surface area contributed by atoms with E-state index in [4.69, 9.17) is 0 Å². The molecule has 0 unspecified atom stereocenters. The maximum atomic E-state index is 12.1. The van der Waals surface area contributed by atoms with Crippen molar-refractivity contribution in [3.05, 3.63) is 57.5 Å². The molecule has 0 aliphatic carbocycles. The first kappa shape index (κ1) is 12.9. The molecule has 2 rings (SSSR count). The van der Waals surface area contributed by atoms with Gasteiger partial charge in [-0.3, -0.25) is 4.79 Å². The quantitative estimate of drug-likeness (QED) is 0.479. The number of Topliss-reactive ketones (excluding diaryl/α,β-unsaturated/α-hetero) is 1. The first-order chi connectivity index (χ1) is 8.97. The Balaban J connectivity index is 2.20. The predicted molar refractivity (Wildman–Crippen MR) is 69.1 cm³/mol. The van der Waals surface area contributed by atoms with Gasteiger partial charge in [0.25, 0.3) is 0 Å². The normalized spacial score (nSPS) is 10.4. The highest BCUT2D eigenvalue weighted by Gasteiger charge is 2.14. The average Bonchev–Trinajstić information content (AvgIpc) is 2.80. The fraction of sp³-hybridized carbons (Fsp3) is 0.231. The molecule has 19 heavy (non-hydrogen) atoms. The molecular formula is C13H13N3O3. The minimum absolute atomic E-state index is 0.0468. The summed E-state index contributed by atoms with van der Waals surface area (Å²) < 4.78 is 1.42. The smallest absolute Gasteiger partial charge is 0.358 e. The molecule has 0 bridgehead atoms. The fourth-order valence-electron chi connectivity index (χ4n) is 1.82. The maximum Gasteiger partial charge on any atom is 0.381 e.